The Kier molecular flexibility index (Phi) is 6.63. The molecular formula is C20H15ClN2O8. The molecule has 0 saturated heterocycles. The smallest absolute Gasteiger partial charge is 0.349 e. The van der Waals surface area contributed by atoms with Crippen LogP contribution in [0.15, 0.2) is 51.7 Å². The van der Waals surface area contributed by atoms with Crippen LogP contribution in [0.25, 0.3) is 11.0 Å². The van der Waals surface area contributed by atoms with Crippen molar-refractivity contribution in [2.24, 2.45) is 0 Å². The van der Waals surface area contributed by atoms with E-state index in [0.717, 1.165) is 6.07 Å². The first-order chi connectivity index (χ1) is 14.8. The fraction of sp³-hybridized carbons (Fsp3) is 0.150. The van der Waals surface area contributed by atoms with Crippen LogP contribution in [0.2, 0.25) is 5.02 Å². The summed E-state index contributed by atoms with van der Waals surface area (Å²) >= 11 is 5.74. The van der Waals surface area contributed by atoms with Crippen molar-refractivity contribution in [1.82, 2.24) is 5.32 Å². The van der Waals surface area contributed by atoms with Crippen molar-refractivity contribution < 1.29 is 28.4 Å². The molecule has 0 bridgehead atoms. The highest BCUT2D eigenvalue weighted by atomic mass is 35.5. The molecule has 0 radical (unpaired) electrons. The van der Waals surface area contributed by atoms with Crippen LogP contribution in [0.5, 0.6) is 5.75 Å². The lowest BCUT2D eigenvalue weighted by atomic mass is 10.1. The number of nitro benzene ring substituents is 1. The zero-order valence-electron chi connectivity index (χ0n) is 16.0. The number of ether oxygens (including phenoxy) is 2. The molecule has 3 aromatic rings. The van der Waals surface area contributed by atoms with Gasteiger partial charge in [0.2, 0.25) is 0 Å². The number of rotatable bonds is 7. The van der Waals surface area contributed by atoms with E-state index in [0.29, 0.717) is 5.39 Å². The molecule has 0 spiro atoms. The average Bonchev–Trinajstić information content (AvgIpc) is 2.73. The van der Waals surface area contributed by atoms with Gasteiger partial charge in [-0.3, -0.25) is 14.9 Å². The first-order valence-corrected chi connectivity index (χ1v) is 9.19. The Morgan fingerprint density at radius 1 is 1.19 bits per heavy atom. The Balaban J connectivity index is 1.83. The first kappa shape index (κ1) is 21.9. The SMILES string of the molecule is COCCNC(=O)c1cc2ccc(OC(=O)c3ccc(Cl)c([N+](=O)[O-])c3)cc2oc1=O. The van der Waals surface area contributed by atoms with E-state index in [9.17, 15) is 24.5 Å². The highest BCUT2D eigenvalue weighted by molar-refractivity contribution is 6.32. The Hall–Kier alpha value is -3.76. The Morgan fingerprint density at radius 2 is 1.97 bits per heavy atom. The molecule has 1 heterocycles. The number of nitrogens with one attached hydrogen (secondary N) is 1. The number of benzene rings is 2. The third-order valence-corrected chi connectivity index (χ3v) is 4.45. The summed E-state index contributed by atoms with van der Waals surface area (Å²) < 4.78 is 15.2. The molecular weight excluding hydrogens is 432 g/mol. The minimum absolute atomic E-state index is 0.0375. The van der Waals surface area contributed by atoms with E-state index in [1.807, 2.05) is 0 Å². The predicted octanol–water partition coefficient (Wildman–Crippen LogP) is 2.95. The van der Waals surface area contributed by atoms with Crippen LogP contribution in [0.1, 0.15) is 20.7 Å². The van der Waals surface area contributed by atoms with Gasteiger partial charge in [-0.1, -0.05) is 11.6 Å². The normalized spacial score (nSPS) is 10.6. The van der Waals surface area contributed by atoms with Crippen molar-refractivity contribution in [3.63, 3.8) is 0 Å². The zero-order valence-corrected chi connectivity index (χ0v) is 16.8. The summed E-state index contributed by atoms with van der Waals surface area (Å²) in [6.45, 7) is 0.515. The molecule has 0 aliphatic carbocycles. The predicted molar refractivity (Wildman–Crippen MR) is 110 cm³/mol. The Labute approximate surface area is 179 Å². The number of carbonyl (C=O) groups excluding carboxylic acids is 2. The molecule has 0 atom stereocenters. The largest absolute Gasteiger partial charge is 0.423 e. The molecule has 160 valence electrons. The van der Waals surface area contributed by atoms with Crippen molar-refractivity contribution in [3.8, 4) is 5.75 Å². The second-order valence-corrected chi connectivity index (χ2v) is 6.62. The van der Waals surface area contributed by atoms with Crippen LogP contribution >= 0.6 is 11.6 Å². The summed E-state index contributed by atoms with van der Waals surface area (Å²) in [5.41, 5.74) is -1.47. The molecule has 3 rings (SSSR count). The molecule has 2 aromatic carbocycles. The van der Waals surface area contributed by atoms with Crippen molar-refractivity contribution in [2.45, 2.75) is 0 Å². The summed E-state index contributed by atoms with van der Waals surface area (Å²) in [5.74, 6) is -1.43. The van der Waals surface area contributed by atoms with Gasteiger partial charge in [0.15, 0.2) is 0 Å². The molecule has 0 saturated carbocycles. The van der Waals surface area contributed by atoms with Gasteiger partial charge >= 0.3 is 11.6 Å². The molecule has 1 amide bonds. The lowest BCUT2D eigenvalue weighted by Crippen LogP contribution is -2.30. The van der Waals surface area contributed by atoms with E-state index in [2.05, 4.69) is 5.32 Å². The van der Waals surface area contributed by atoms with Gasteiger partial charge in [0, 0.05) is 31.2 Å². The van der Waals surface area contributed by atoms with Crippen LogP contribution in [-0.4, -0.2) is 37.1 Å². The van der Waals surface area contributed by atoms with Gasteiger partial charge in [-0.05, 0) is 30.3 Å². The maximum absolute atomic E-state index is 12.3. The summed E-state index contributed by atoms with van der Waals surface area (Å²) in [6.07, 6.45) is 0. The third kappa shape index (κ3) is 5.05. The van der Waals surface area contributed by atoms with Crippen LogP contribution in [-0.2, 0) is 4.74 Å². The average molecular weight is 447 g/mol. The van der Waals surface area contributed by atoms with Gasteiger partial charge in [-0.2, -0.15) is 0 Å². The lowest BCUT2D eigenvalue weighted by molar-refractivity contribution is -0.384. The number of nitrogens with zero attached hydrogens (tertiary/aromatic N) is 1. The van der Waals surface area contributed by atoms with E-state index in [4.69, 9.17) is 25.5 Å². The number of esters is 1. The van der Waals surface area contributed by atoms with Gasteiger partial charge in [0.1, 0.15) is 21.9 Å². The van der Waals surface area contributed by atoms with Crippen LogP contribution in [0.3, 0.4) is 0 Å². The molecule has 1 N–H and O–H groups in total. The maximum Gasteiger partial charge on any atom is 0.349 e. The van der Waals surface area contributed by atoms with Crippen LogP contribution < -0.4 is 15.7 Å². The second-order valence-electron chi connectivity index (χ2n) is 6.21. The minimum Gasteiger partial charge on any atom is -0.423 e. The highest BCUT2D eigenvalue weighted by Gasteiger charge is 2.18. The number of methoxy groups -OCH3 is 1. The van der Waals surface area contributed by atoms with E-state index >= 15 is 0 Å². The number of nitro groups is 1. The highest BCUT2D eigenvalue weighted by Crippen LogP contribution is 2.26. The van der Waals surface area contributed by atoms with Gasteiger partial charge in [-0.15, -0.1) is 0 Å². The first-order valence-electron chi connectivity index (χ1n) is 8.81. The lowest BCUT2D eigenvalue weighted by Gasteiger charge is -2.07. The molecule has 1 aromatic heterocycles. The fourth-order valence-electron chi connectivity index (χ4n) is 2.62. The molecule has 0 fully saturated rings. The van der Waals surface area contributed by atoms with E-state index in [1.165, 1.54) is 43.5 Å². The Morgan fingerprint density at radius 3 is 2.68 bits per heavy atom. The van der Waals surface area contributed by atoms with Crippen LogP contribution in [0.4, 0.5) is 5.69 Å². The zero-order chi connectivity index (χ0) is 22.5. The van der Waals surface area contributed by atoms with Gasteiger partial charge < -0.3 is 19.2 Å². The number of halogens is 1. The standard InChI is InChI=1S/C20H15ClN2O8/c1-29-7-6-22-18(24)14-8-11-2-4-13(10-17(11)31-20(14)26)30-19(25)12-3-5-15(21)16(9-12)23(27)28/h2-5,8-10H,6-7H2,1H3,(H,22,24). The summed E-state index contributed by atoms with van der Waals surface area (Å²) in [6, 6.07) is 9.08. The van der Waals surface area contributed by atoms with Gasteiger partial charge in [-0.25, -0.2) is 9.59 Å². The van der Waals surface area contributed by atoms with E-state index in [-0.39, 0.29) is 40.6 Å². The maximum atomic E-state index is 12.3. The number of carbonyl (C=O) groups is 2. The third-order valence-electron chi connectivity index (χ3n) is 4.13. The molecule has 11 heteroatoms. The number of hydrogen-bond acceptors (Lipinski definition) is 8. The second kappa shape index (κ2) is 9.37. The monoisotopic (exact) mass is 446 g/mol. The Bertz CT molecular complexity index is 1240. The van der Waals surface area contributed by atoms with Crippen molar-refractivity contribution in [1.29, 1.82) is 0 Å². The summed E-state index contributed by atoms with van der Waals surface area (Å²) in [4.78, 5) is 46.8. The topological polar surface area (TPSA) is 138 Å². The van der Waals surface area contributed by atoms with E-state index in [1.54, 1.807) is 0 Å². The summed E-state index contributed by atoms with van der Waals surface area (Å²) in [7, 11) is 1.48. The van der Waals surface area contributed by atoms with Crippen molar-refractivity contribution in [3.05, 3.63) is 79.1 Å². The number of fused-ring (bicyclic) bond motifs is 1. The number of amides is 1. The molecule has 0 unspecified atom stereocenters. The van der Waals surface area contributed by atoms with Crippen molar-refractivity contribution >= 4 is 40.1 Å². The summed E-state index contributed by atoms with van der Waals surface area (Å²) in [5, 5.41) is 13.8. The van der Waals surface area contributed by atoms with Gasteiger partial charge in [0.25, 0.3) is 11.6 Å². The molecule has 0 aliphatic heterocycles. The van der Waals surface area contributed by atoms with Crippen LogP contribution in [0, 0.1) is 10.1 Å². The molecule has 31 heavy (non-hydrogen) atoms. The van der Waals surface area contributed by atoms with Crippen molar-refractivity contribution in [2.75, 3.05) is 20.3 Å². The quantitative estimate of drug-likeness (QED) is 0.146. The molecule has 10 nitrogen and oxygen atoms in total. The van der Waals surface area contributed by atoms with E-state index < -0.39 is 28.1 Å². The minimum atomic E-state index is -0.865. The fourth-order valence-corrected chi connectivity index (χ4v) is 2.81. The number of hydrogen-bond donors (Lipinski definition) is 1. The molecule has 0 aliphatic rings. The van der Waals surface area contributed by atoms with Gasteiger partial charge in [0.05, 0.1) is 17.1 Å².